The second kappa shape index (κ2) is 6.92. The molecule has 2 rings (SSSR count). The van der Waals surface area contributed by atoms with Gasteiger partial charge in [0, 0.05) is 18.2 Å². The van der Waals surface area contributed by atoms with Crippen molar-refractivity contribution in [2.45, 2.75) is 32.2 Å². The lowest BCUT2D eigenvalue weighted by Crippen LogP contribution is -2.38. The summed E-state index contributed by atoms with van der Waals surface area (Å²) in [5.74, 6) is 1.76. The Labute approximate surface area is 116 Å². The van der Waals surface area contributed by atoms with Gasteiger partial charge in [0.1, 0.15) is 5.75 Å². The second-order valence-electron chi connectivity index (χ2n) is 5.50. The van der Waals surface area contributed by atoms with E-state index in [1.165, 1.54) is 24.9 Å². The number of nitrogens with two attached hydrogens (primary N) is 1. The summed E-state index contributed by atoms with van der Waals surface area (Å²) in [6.07, 6.45) is 3.76. The monoisotopic (exact) mass is 262 g/mol. The van der Waals surface area contributed by atoms with Crippen LogP contribution in [-0.2, 0) is 0 Å². The average molecular weight is 262 g/mol. The van der Waals surface area contributed by atoms with Crippen LogP contribution in [0.2, 0.25) is 0 Å². The molecule has 0 saturated carbocycles. The molecule has 0 radical (unpaired) electrons. The summed E-state index contributed by atoms with van der Waals surface area (Å²) in [4.78, 5) is 2.57. The zero-order valence-electron chi connectivity index (χ0n) is 12.1. The molecule has 3 nitrogen and oxygen atoms in total. The molecule has 1 aromatic carbocycles. The van der Waals surface area contributed by atoms with Crippen molar-refractivity contribution < 1.29 is 4.74 Å². The van der Waals surface area contributed by atoms with Crippen molar-refractivity contribution in [3.8, 4) is 5.75 Å². The van der Waals surface area contributed by atoms with Crippen molar-refractivity contribution in [3.05, 3.63) is 29.8 Å². The highest BCUT2D eigenvalue weighted by atomic mass is 16.5. The van der Waals surface area contributed by atoms with Gasteiger partial charge in [-0.15, -0.1) is 0 Å². The molecule has 0 aliphatic carbocycles. The molecule has 2 atom stereocenters. The molecular formula is C16H26N2O. The molecule has 1 heterocycles. The summed E-state index contributed by atoms with van der Waals surface area (Å²) in [6, 6.07) is 8.76. The molecule has 1 aliphatic heterocycles. The molecule has 19 heavy (non-hydrogen) atoms. The topological polar surface area (TPSA) is 38.5 Å². The van der Waals surface area contributed by atoms with Crippen molar-refractivity contribution >= 4 is 0 Å². The van der Waals surface area contributed by atoms with E-state index in [-0.39, 0.29) is 0 Å². The molecule has 2 unspecified atom stereocenters. The van der Waals surface area contributed by atoms with Crippen LogP contribution >= 0.6 is 0 Å². The highest BCUT2D eigenvalue weighted by molar-refractivity contribution is 5.35. The molecular weight excluding hydrogens is 236 g/mol. The van der Waals surface area contributed by atoms with E-state index in [2.05, 4.69) is 24.0 Å². The van der Waals surface area contributed by atoms with E-state index >= 15 is 0 Å². The van der Waals surface area contributed by atoms with Gasteiger partial charge >= 0.3 is 0 Å². The van der Waals surface area contributed by atoms with Gasteiger partial charge in [-0.05, 0) is 51.3 Å². The zero-order valence-corrected chi connectivity index (χ0v) is 12.1. The normalized spacial score (nSPS) is 22.2. The van der Waals surface area contributed by atoms with Gasteiger partial charge in [-0.2, -0.15) is 0 Å². The standard InChI is InChI=1S/C16H26N2O/c1-13(15-7-3-4-8-16(15)19-2)18-11-5-6-14(12-18)9-10-17/h3-4,7-8,13-14H,5-6,9-12,17H2,1-2H3. The van der Waals surface area contributed by atoms with E-state index in [9.17, 15) is 0 Å². The Kier molecular flexibility index (Phi) is 5.23. The van der Waals surface area contributed by atoms with Crippen LogP contribution in [0, 0.1) is 5.92 Å². The van der Waals surface area contributed by atoms with Gasteiger partial charge < -0.3 is 10.5 Å². The van der Waals surface area contributed by atoms with Gasteiger partial charge in [0.2, 0.25) is 0 Å². The molecule has 0 aromatic heterocycles. The van der Waals surface area contributed by atoms with E-state index in [4.69, 9.17) is 10.5 Å². The van der Waals surface area contributed by atoms with Crippen molar-refractivity contribution in [2.24, 2.45) is 11.7 Å². The number of likely N-dealkylation sites (tertiary alicyclic amines) is 1. The van der Waals surface area contributed by atoms with E-state index in [0.29, 0.717) is 6.04 Å². The Hall–Kier alpha value is -1.06. The smallest absolute Gasteiger partial charge is 0.123 e. The number of methoxy groups -OCH3 is 1. The van der Waals surface area contributed by atoms with E-state index < -0.39 is 0 Å². The number of hydrogen-bond donors (Lipinski definition) is 1. The van der Waals surface area contributed by atoms with Gasteiger partial charge in [0.25, 0.3) is 0 Å². The fraction of sp³-hybridized carbons (Fsp3) is 0.625. The predicted octanol–water partition coefficient (Wildman–Crippen LogP) is 2.82. The molecule has 1 aliphatic rings. The molecule has 0 bridgehead atoms. The Morgan fingerprint density at radius 2 is 2.21 bits per heavy atom. The number of ether oxygens (including phenoxy) is 1. The summed E-state index contributed by atoms with van der Waals surface area (Å²) < 4.78 is 5.48. The minimum absolute atomic E-state index is 0.414. The third kappa shape index (κ3) is 3.48. The number of hydrogen-bond acceptors (Lipinski definition) is 3. The SMILES string of the molecule is COc1ccccc1C(C)N1CCCC(CCN)C1. The van der Waals surface area contributed by atoms with Crippen LogP contribution in [0.3, 0.4) is 0 Å². The lowest BCUT2D eigenvalue weighted by Gasteiger charge is -2.37. The van der Waals surface area contributed by atoms with Crippen molar-refractivity contribution in [1.82, 2.24) is 4.90 Å². The fourth-order valence-electron chi connectivity index (χ4n) is 3.13. The molecule has 1 fully saturated rings. The molecule has 1 saturated heterocycles. The molecule has 1 aromatic rings. The number of rotatable bonds is 5. The van der Waals surface area contributed by atoms with Crippen LogP contribution in [0.15, 0.2) is 24.3 Å². The summed E-state index contributed by atoms with van der Waals surface area (Å²) in [5.41, 5.74) is 6.99. The quantitative estimate of drug-likeness (QED) is 0.887. The molecule has 0 amide bonds. The number of nitrogens with zero attached hydrogens (tertiary/aromatic N) is 1. The molecule has 2 N–H and O–H groups in total. The summed E-state index contributed by atoms with van der Waals surface area (Å²) >= 11 is 0. The largest absolute Gasteiger partial charge is 0.496 e. The van der Waals surface area contributed by atoms with Crippen LogP contribution in [0.25, 0.3) is 0 Å². The Bertz CT molecular complexity index is 392. The van der Waals surface area contributed by atoms with E-state index in [0.717, 1.165) is 31.2 Å². The van der Waals surface area contributed by atoms with Crippen LogP contribution in [0.4, 0.5) is 0 Å². The van der Waals surface area contributed by atoms with Crippen LogP contribution in [0.1, 0.15) is 37.8 Å². The first-order valence-corrected chi connectivity index (χ1v) is 7.33. The number of para-hydroxylation sites is 1. The van der Waals surface area contributed by atoms with E-state index in [1.54, 1.807) is 7.11 Å². The van der Waals surface area contributed by atoms with Gasteiger partial charge in [-0.3, -0.25) is 4.90 Å². The summed E-state index contributed by atoms with van der Waals surface area (Å²) in [7, 11) is 1.75. The summed E-state index contributed by atoms with van der Waals surface area (Å²) in [6.45, 7) is 5.43. The first kappa shape index (κ1) is 14.4. The van der Waals surface area contributed by atoms with Gasteiger partial charge in [0.05, 0.1) is 7.11 Å². The third-order valence-corrected chi connectivity index (χ3v) is 4.26. The van der Waals surface area contributed by atoms with Gasteiger partial charge in [0.15, 0.2) is 0 Å². The maximum atomic E-state index is 5.70. The fourth-order valence-corrected chi connectivity index (χ4v) is 3.13. The third-order valence-electron chi connectivity index (χ3n) is 4.26. The maximum Gasteiger partial charge on any atom is 0.123 e. The van der Waals surface area contributed by atoms with Crippen LogP contribution in [0.5, 0.6) is 5.75 Å². The second-order valence-corrected chi connectivity index (χ2v) is 5.50. The van der Waals surface area contributed by atoms with Gasteiger partial charge in [-0.25, -0.2) is 0 Å². The minimum Gasteiger partial charge on any atom is -0.496 e. The summed E-state index contributed by atoms with van der Waals surface area (Å²) in [5, 5.41) is 0. The lowest BCUT2D eigenvalue weighted by molar-refractivity contribution is 0.126. The number of piperidine rings is 1. The lowest BCUT2D eigenvalue weighted by atomic mass is 9.92. The minimum atomic E-state index is 0.414. The first-order chi connectivity index (χ1) is 9.26. The molecule has 106 valence electrons. The number of benzene rings is 1. The van der Waals surface area contributed by atoms with Crippen LogP contribution < -0.4 is 10.5 Å². The molecule has 0 spiro atoms. The highest BCUT2D eigenvalue weighted by Gasteiger charge is 2.25. The van der Waals surface area contributed by atoms with Crippen LogP contribution in [-0.4, -0.2) is 31.6 Å². The first-order valence-electron chi connectivity index (χ1n) is 7.33. The Morgan fingerprint density at radius 3 is 2.95 bits per heavy atom. The maximum absolute atomic E-state index is 5.70. The predicted molar refractivity (Wildman–Crippen MR) is 79.4 cm³/mol. The highest BCUT2D eigenvalue weighted by Crippen LogP contribution is 2.32. The van der Waals surface area contributed by atoms with Gasteiger partial charge in [-0.1, -0.05) is 18.2 Å². The zero-order chi connectivity index (χ0) is 13.7. The van der Waals surface area contributed by atoms with Crippen molar-refractivity contribution in [3.63, 3.8) is 0 Å². The van der Waals surface area contributed by atoms with E-state index in [1.807, 2.05) is 12.1 Å². The molecule has 3 heteroatoms. The average Bonchev–Trinajstić information content (AvgIpc) is 2.47. The van der Waals surface area contributed by atoms with Crippen molar-refractivity contribution in [1.29, 1.82) is 0 Å². The van der Waals surface area contributed by atoms with Crippen molar-refractivity contribution in [2.75, 3.05) is 26.7 Å². The Morgan fingerprint density at radius 1 is 1.42 bits per heavy atom. The Balaban J connectivity index is 2.07.